The van der Waals surface area contributed by atoms with E-state index in [4.69, 9.17) is 4.74 Å². The molecule has 2 heterocycles. The van der Waals surface area contributed by atoms with Crippen LogP contribution in [0.1, 0.15) is 32.5 Å². The Balaban J connectivity index is 2.17. The molecular weight excluding hydrogens is 242 g/mol. The Morgan fingerprint density at radius 2 is 1.89 bits per heavy atom. The van der Waals surface area contributed by atoms with Crippen molar-refractivity contribution in [3.63, 3.8) is 0 Å². The molecule has 0 bridgehead atoms. The van der Waals surface area contributed by atoms with Crippen LogP contribution in [0.4, 0.5) is 11.9 Å². The fraction of sp³-hybridized carbons (Fsp3) is 0.769. The van der Waals surface area contributed by atoms with E-state index in [0.717, 1.165) is 63.9 Å². The van der Waals surface area contributed by atoms with Gasteiger partial charge in [0.1, 0.15) is 5.82 Å². The molecule has 0 unspecified atom stereocenters. The summed E-state index contributed by atoms with van der Waals surface area (Å²) in [4.78, 5) is 15.7. The number of ether oxygens (including phenoxy) is 1. The van der Waals surface area contributed by atoms with E-state index in [0.29, 0.717) is 5.95 Å². The molecular formula is C13H23N5O. The Labute approximate surface area is 114 Å². The van der Waals surface area contributed by atoms with Crippen LogP contribution in [0.5, 0.6) is 0 Å². The number of hydrogen-bond donors (Lipinski definition) is 1. The van der Waals surface area contributed by atoms with E-state index < -0.39 is 0 Å². The normalized spacial score (nSPS) is 15.6. The van der Waals surface area contributed by atoms with Gasteiger partial charge < -0.3 is 15.0 Å². The van der Waals surface area contributed by atoms with Gasteiger partial charge in [-0.25, -0.2) is 0 Å². The zero-order valence-corrected chi connectivity index (χ0v) is 11.9. The second kappa shape index (κ2) is 7.23. The van der Waals surface area contributed by atoms with Gasteiger partial charge in [0.15, 0.2) is 0 Å². The second-order valence-electron chi connectivity index (χ2n) is 4.65. The lowest BCUT2D eigenvalue weighted by molar-refractivity contribution is 0.122. The zero-order valence-electron chi connectivity index (χ0n) is 11.9. The highest BCUT2D eigenvalue weighted by Crippen LogP contribution is 2.13. The van der Waals surface area contributed by atoms with Crippen LogP contribution in [-0.2, 0) is 11.2 Å². The molecule has 6 heteroatoms. The molecule has 1 aromatic rings. The standard InChI is InChI=1S/C13H23N5O/c1-3-5-11-15-12(14-6-4-2)17-13(16-11)18-7-9-19-10-8-18/h3-10H2,1-2H3,(H,14,15,16,17). The first-order valence-electron chi connectivity index (χ1n) is 7.15. The van der Waals surface area contributed by atoms with Crippen molar-refractivity contribution in [1.82, 2.24) is 15.0 Å². The summed E-state index contributed by atoms with van der Waals surface area (Å²) in [6.07, 6.45) is 2.99. The number of nitrogens with zero attached hydrogens (tertiary/aromatic N) is 4. The van der Waals surface area contributed by atoms with Gasteiger partial charge in [-0.1, -0.05) is 13.8 Å². The van der Waals surface area contributed by atoms with Gasteiger partial charge in [0.2, 0.25) is 11.9 Å². The summed E-state index contributed by atoms with van der Waals surface area (Å²) in [5.41, 5.74) is 0. The molecule has 1 aromatic heterocycles. The van der Waals surface area contributed by atoms with Crippen LogP contribution in [-0.4, -0.2) is 47.8 Å². The van der Waals surface area contributed by atoms with Crippen molar-refractivity contribution in [1.29, 1.82) is 0 Å². The molecule has 1 aliphatic heterocycles. The SMILES string of the molecule is CCCNc1nc(CCC)nc(N2CCOCC2)n1. The maximum atomic E-state index is 5.37. The predicted octanol–water partition coefficient (Wildman–Crippen LogP) is 1.48. The molecule has 0 saturated carbocycles. The number of hydrogen-bond acceptors (Lipinski definition) is 6. The lowest BCUT2D eigenvalue weighted by Gasteiger charge is -2.27. The van der Waals surface area contributed by atoms with Crippen molar-refractivity contribution in [3.05, 3.63) is 5.82 Å². The van der Waals surface area contributed by atoms with E-state index in [1.165, 1.54) is 0 Å². The molecule has 2 rings (SSSR count). The molecule has 6 nitrogen and oxygen atoms in total. The predicted molar refractivity (Wildman–Crippen MR) is 75.6 cm³/mol. The third kappa shape index (κ3) is 4.02. The van der Waals surface area contributed by atoms with Crippen LogP contribution in [0.2, 0.25) is 0 Å². The van der Waals surface area contributed by atoms with E-state index in [1.807, 2.05) is 0 Å². The van der Waals surface area contributed by atoms with E-state index in [-0.39, 0.29) is 0 Å². The highest BCUT2D eigenvalue weighted by Gasteiger charge is 2.16. The lowest BCUT2D eigenvalue weighted by Crippen LogP contribution is -2.37. The molecule has 1 N–H and O–H groups in total. The van der Waals surface area contributed by atoms with Gasteiger partial charge in [-0.05, 0) is 12.8 Å². The highest BCUT2D eigenvalue weighted by molar-refractivity contribution is 5.37. The Morgan fingerprint density at radius 1 is 1.11 bits per heavy atom. The molecule has 1 aliphatic rings. The van der Waals surface area contributed by atoms with Crippen LogP contribution in [0.15, 0.2) is 0 Å². The average Bonchev–Trinajstić information content (AvgIpc) is 2.46. The Kier molecular flexibility index (Phi) is 5.32. The van der Waals surface area contributed by atoms with Crippen LogP contribution in [0.3, 0.4) is 0 Å². The van der Waals surface area contributed by atoms with Crippen molar-refractivity contribution < 1.29 is 4.74 Å². The Bertz CT molecular complexity index is 393. The third-order valence-corrected chi connectivity index (χ3v) is 2.97. The van der Waals surface area contributed by atoms with E-state index in [1.54, 1.807) is 0 Å². The van der Waals surface area contributed by atoms with Crippen LogP contribution in [0, 0.1) is 0 Å². The quantitative estimate of drug-likeness (QED) is 0.840. The third-order valence-electron chi connectivity index (χ3n) is 2.97. The molecule has 1 saturated heterocycles. The first-order chi connectivity index (χ1) is 9.33. The minimum atomic E-state index is 0.696. The Morgan fingerprint density at radius 3 is 2.58 bits per heavy atom. The summed E-state index contributed by atoms with van der Waals surface area (Å²) in [5, 5.41) is 3.25. The van der Waals surface area contributed by atoms with Crippen molar-refractivity contribution in [2.45, 2.75) is 33.1 Å². The maximum Gasteiger partial charge on any atom is 0.230 e. The fourth-order valence-corrected chi connectivity index (χ4v) is 1.96. The second-order valence-corrected chi connectivity index (χ2v) is 4.65. The minimum Gasteiger partial charge on any atom is -0.378 e. The maximum absolute atomic E-state index is 5.37. The molecule has 19 heavy (non-hydrogen) atoms. The molecule has 0 spiro atoms. The summed E-state index contributed by atoms with van der Waals surface area (Å²) in [6.45, 7) is 8.34. The monoisotopic (exact) mass is 265 g/mol. The summed E-state index contributed by atoms with van der Waals surface area (Å²) in [7, 11) is 0. The average molecular weight is 265 g/mol. The summed E-state index contributed by atoms with van der Waals surface area (Å²) < 4.78 is 5.37. The van der Waals surface area contributed by atoms with Gasteiger partial charge >= 0.3 is 0 Å². The Hall–Kier alpha value is -1.43. The highest BCUT2D eigenvalue weighted by atomic mass is 16.5. The molecule has 1 fully saturated rings. The van der Waals surface area contributed by atoms with Crippen LogP contribution >= 0.6 is 0 Å². The smallest absolute Gasteiger partial charge is 0.230 e. The first-order valence-corrected chi connectivity index (χ1v) is 7.15. The van der Waals surface area contributed by atoms with Crippen LogP contribution in [0.25, 0.3) is 0 Å². The van der Waals surface area contributed by atoms with Gasteiger partial charge in [-0.2, -0.15) is 15.0 Å². The van der Waals surface area contributed by atoms with Crippen molar-refractivity contribution in [2.24, 2.45) is 0 Å². The fourth-order valence-electron chi connectivity index (χ4n) is 1.96. The number of aromatic nitrogens is 3. The molecule has 106 valence electrons. The van der Waals surface area contributed by atoms with Crippen molar-refractivity contribution in [2.75, 3.05) is 43.1 Å². The molecule has 0 aliphatic carbocycles. The summed E-state index contributed by atoms with van der Waals surface area (Å²) >= 11 is 0. The van der Waals surface area contributed by atoms with E-state index in [2.05, 4.69) is 39.0 Å². The number of morpholine rings is 1. The molecule has 0 radical (unpaired) electrons. The largest absolute Gasteiger partial charge is 0.378 e. The number of rotatable bonds is 6. The first kappa shape index (κ1) is 14.0. The summed E-state index contributed by atoms with van der Waals surface area (Å²) in [5.74, 6) is 2.35. The van der Waals surface area contributed by atoms with Gasteiger partial charge in [0.05, 0.1) is 13.2 Å². The van der Waals surface area contributed by atoms with Gasteiger partial charge in [0.25, 0.3) is 0 Å². The number of nitrogens with one attached hydrogen (secondary N) is 1. The van der Waals surface area contributed by atoms with E-state index >= 15 is 0 Å². The number of anilines is 2. The number of aryl methyl sites for hydroxylation is 1. The summed E-state index contributed by atoms with van der Waals surface area (Å²) in [6, 6.07) is 0. The molecule has 0 atom stereocenters. The van der Waals surface area contributed by atoms with Gasteiger partial charge in [-0.3, -0.25) is 0 Å². The zero-order chi connectivity index (χ0) is 13.5. The molecule has 0 aromatic carbocycles. The van der Waals surface area contributed by atoms with Crippen molar-refractivity contribution >= 4 is 11.9 Å². The lowest BCUT2D eigenvalue weighted by atomic mass is 10.3. The topological polar surface area (TPSA) is 63.2 Å². The minimum absolute atomic E-state index is 0.696. The van der Waals surface area contributed by atoms with Crippen molar-refractivity contribution in [3.8, 4) is 0 Å². The van der Waals surface area contributed by atoms with Gasteiger partial charge in [-0.15, -0.1) is 0 Å². The molecule has 0 amide bonds. The van der Waals surface area contributed by atoms with Crippen LogP contribution < -0.4 is 10.2 Å². The van der Waals surface area contributed by atoms with E-state index in [9.17, 15) is 0 Å². The van der Waals surface area contributed by atoms with Gasteiger partial charge in [0, 0.05) is 26.1 Å².